The zero-order valence-corrected chi connectivity index (χ0v) is 11.8. The van der Waals surface area contributed by atoms with E-state index in [0.717, 1.165) is 38.8 Å². The second-order valence-electron chi connectivity index (χ2n) is 5.05. The summed E-state index contributed by atoms with van der Waals surface area (Å²) in [5.41, 5.74) is 1.39. The Kier molecular flexibility index (Phi) is 7.91. The summed E-state index contributed by atoms with van der Waals surface area (Å²) in [7, 11) is 0. The van der Waals surface area contributed by atoms with Crippen molar-refractivity contribution in [1.29, 1.82) is 0 Å². The molecule has 0 saturated heterocycles. The first kappa shape index (κ1) is 15.7. The van der Waals surface area contributed by atoms with Gasteiger partial charge in [0.05, 0.1) is 0 Å². The van der Waals surface area contributed by atoms with E-state index in [1.54, 1.807) is 0 Å². The molecule has 1 rings (SSSR count). The predicted molar refractivity (Wildman–Crippen MR) is 78.4 cm³/mol. The first-order valence-corrected chi connectivity index (χ1v) is 7.17. The highest BCUT2D eigenvalue weighted by Gasteiger charge is 2.03. The average Bonchev–Trinajstić information content (AvgIpc) is 2.42. The highest BCUT2D eigenvalue weighted by atomic mass is 16.4. The van der Waals surface area contributed by atoms with Crippen LogP contribution in [0.1, 0.15) is 50.5 Å². The zero-order chi connectivity index (χ0) is 13.9. The number of unbranched alkanes of at least 4 members (excludes halogenated alkanes) is 2. The Hall–Kier alpha value is -1.35. The summed E-state index contributed by atoms with van der Waals surface area (Å²) in [6.45, 7) is 4.26. The average molecular weight is 263 g/mol. The lowest BCUT2D eigenvalue weighted by Gasteiger charge is -2.12. The van der Waals surface area contributed by atoms with E-state index >= 15 is 0 Å². The second kappa shape index (κ2) is 9.56. The van der Waals surface area contributed by atoms with Gasteiger partial charge in [0.2, 0.25) is 0 Å². The lowest BCUT2D eigenvalue weighted by Crippen LogP contribution is -2.18. The Morgan fingerprint density at radius 2 is 1.89 bits per heavy atom. The highest BCUT2D eigenvalue weighted by molar-refractivity contribution is 5.66. The van der Waals surface area contributed by atoms with Crippen LogP contribution in [-0.2, 0) is 4.79 Å². The van der Waals surface area contributed by atoms with Crippen molar-refractivity contribution in [2.24, 2.45) is 0 Å². The molecule has 0 bridgehead atoms. The Labute approximate surface area is 116 Å². The third-order valence-electron chi connectivity index (χ3n) is 3.37. The van der Waals surface area contributed by atoms with Crippen LogP contribution in [0, 0.1) is 0 Å². The molecule has 0 radical (unpaired) electrons. The highest BCUT2D eigenvalue weighted by Crippen LogP contribution is 2.17. The van der Waals surface area contributed by atoms with Crippen molar-refractivity contribution >= 4 is 5.97 Å². The number of benzene rings is 1. The Morgan fingerprint density at radius 3 is 2.58 bits per heavy atom. The molecule has 0 spiro atoms. The molecule has 0 heterocycles. The third kappa shape index (κ3) is 7.62. The first-order valence-electron chi connectivity index (χ1n) is 7.17. The smallest absolute Gasteiger partial charge is 0.303 e. The minimum absolute atomic E-state index is 0.297. The summed E-state index contributed by atoms with van der Waals surface area (Å²) in [5, 5.41) is 11.9. The van der Waals surface area contributed by atoms with Crippen molar-refractivity contribution in [1.82, 2.24) is 5.32 Å². The summed E-state index contributed by atoms with van der Waals surface area (Å²) >= 11 is 0. The van der Waals surface area contributed by atoms with Gasteiger partial charge in [0.25, 0.3) is 0 Å². The van der Waals surface area contributed by atoms with Crippen LogP contribution >= 0.6 is 0 Å². The van der Waals surface area contributed by atoms with Gasteiger partial charge in [-0.15, -0.1) is 0 Å². The minimum Gasteiger partial charge on any atom is -0.481 e. The lowest BCUT2D eigenvalue weighted by molar-refractivity contribution is -0.137. The molecule has 2 N–H and O–H groups in total. The van der Waals surface area contributed by atoms with Gasteiger partial charge in [-0.25, -0.2) is 0 Å². The maximum absolute atomic E-state index is 10.3. The van der Waals surface area contributed by atoms with Gasteiger partial charge in [0.1, 0.15) is 0 Å². The number of carbonyl (C=O) groups is 1. The molecule has 1 aromatic rings. The van der Waals surface area contributed by atoms with E-state index < -0.39 is 5.97 Å². The number of aliphatic carboxylic acids is 1. The van der Waals surface area contributed by atoms with Gasteiger partial charge in [-0.1, -0.05) is 43.7 Å². The molecule has 0 aliphatic carbocycles. The Balaban J connectivity index is 1.98. The number of rotatable bonds is 10. The van der Waals surface area contributed by atoms with Gasteiger partial charge in [0.15, 0.2) is 0 Å². The molecule has 1 atom stereocenters. The van der Waals surface area contributed by atoms with E-state index in [4.69, 9.17) is 5.11 Å². The molecule has 0 fully saturated rings. The first-order chi connectivity index (χ1) is 9.20. The third-order valence-corrected chi connectivity index (χ3v) is 3.37. The summed E-state index contributed by atoms with van der Waals surface area (Å²) in [4.78, 5) is 10.3. The number of nitrogens with one attached hydrogen (secondary N) is 1. The molecule has 3 heteroatoms. The van der Waals surface area contributed by atoms with E-state index in [0.29, 0.717) is 12.3 Å². The minimum atomic E-state index is -0.690. The molecular weight excluding hydrogens is 238 g/mol. The molecule has 0 aromatic heterocycles. The zero-order valence-electron chi connectivity index (χ0n) is 11.8. The van der Waals surface area contributed by atoms with Crippen molar-refractivity contribution < 1.29 is 9.90 Å². The molecule has 0 aliphatic heterocycles. The molecule has 0 aliphatic rings. The maximum atomic E-state index is 10.3. The number of hydrogen-bond donors (Lipinski definition) is 2. The molecular formula is C16H25NO2. The monoisotopic (exact) mass is 263 g/mol. The van der Waals surface area contributed by atoms with Gasteiger partial charge in [-0.3, -0.25) is 4.79 Å². The van der Waals surface area contributed by atoms with Gasteiger partial charge in [0, 0.05) is 6.42 Å². The van der Waals surface area contributed by atoms with Crippen LogP contribution in [0.25, 0.3) is 0 Å². The largest absolute Gasteiger partial charge is 0.481 e. The van der Waals surface area contributed by atoms with Gasteiger partial charge < -0.3 is 10.4 Å². The van der Waals surface area contributed by atoms with E-state index in [9.17, 15) is 4.79 Å². The Morgan fingerprint density at radius 1 is 1.16 bits per heavy atom. The molecule has 19 heavy (non-hydrogen) atoms. The summed E-state index contributed by atoms with van der Waals surface area (Å²) in [5.74, 6) is -0.106. The van der Waals surface area contributed by atoms with Crippen LogP contribution in [0.5, 0.6) is 0 Å². The quantitative estimate of drug-likeness (QED) is 0.636. The fourth-order valence-electron chi connectivity index (χ4n) is 2.09. The number of carboxylic acids is 1. The summed E-state index contributed by atoms with van der Waals surface area (Å²) < 4.78 is 0. The van der Waals surface area contributed by atoms with Crippen LogP contribution in [0.15, 0.2) is 30.3 Å². The van der Waals surface area contributed by atoms with Crippen molar-refractivity contribution in [2.45, 2.75) is 44.9 Å². The van der Waals surface area contributed by atoms with Crippen LogP contribution in [0.3, 0.4) is 0 Å². The molecule has 3 nitrogen and oxygen atoms in total. The van der Waals surface area contributed by atoms with Crippen molar-refractivity contribution in [3.63, 3.8) is 0 Å². The Bertz CT molecular complexity index is 351. The maximum Gasteiger partial charge on any atom is 0.303 e. The van der Waals surface area contributed by atoms with Crippen LogP contribution in [0.4, 0.5) is 0 Å². The van der Waals surface area contributed by atoms with Crippen LogP contribution < -0.4 is 5.32 Å². The molecule has 0 amide bonds. The molecule has 0 saturated carbocycles. The van der Waals surface area contributed by atoms with E-state index in [-0.39, 0.29) is 0 Å². The molecule has 106 valence electrons. The second-order valence-corrected chi connectivity index (χ2v) is 5.05. The normalized spacial score (nSPS) is 12.3. The van der Waals surface area contributed by atoms with Crippen LogP contribution in [-0.4, -0.2) is 24.2 Å². The summed E-state index contributed by atoms with van der Waals surface area (Å²) in [6.07, 6.45) is 4.28. The fraction of sp³-hybridized carbons (Fsp3) is 0.562. The van der Waals surface area contributed by atoms with Gasteiger partial charge >= 0.3 is 5.97 Å². The van der Waals surface area contributed by atoms with Crippen molar-refractivity contribution in [3.8, 4) is 0 Å². The van der Waals surface area contributed by atoms with Gasteiger partial charge in [-0.05, 0) is 43.8 Å². The van der Waals surface area contributed by atoms with E-state index in [1.165, 1.54) is 5.56 Å². The number of carboxylic acid groups (broad SMARTS) is 1. The SMILES string of the molecule is CC(CCNCCCCCC(=O)O)c1ccccc1. The summed E-state index contributed by atoms with van der Waals surface area (Å²) in [6, 6.07) is 10.6. The molecule has 1 unspecified atom stereocenters. The van der Waals surface area contributed by atoms with E-state index in [2.05, 4.69) is 36.5 Å². The van der Waals surface area contributed by atoms with Crippen LogP contribution in [0.2, 0.25) is 0 Å². The molecule has 1 aromatic carbocycles. The lowest BCUT2D eigenvalue weighted by atomic mass is 9.98. The standard InChI is InChI=1S/C16H25NO2/c1-14(15-8-4-2-5-9-15)11-13-17-12-7-3-6-10-16(18)19/h2,4-5,8-9,14,17H,3,6-7,10-13H2,1H3,(H,18,19). The number of hydrogen-bond acceptors (Lipinski definition) is 2. The van der Waals surface area contributed by atoms with Crippen molar-refractivity contribution in [2.75, 3.05) is 13.1 Å². The van der Waals surface area contributed by atoms with Crippen molar-refractivity contribution in [3.05, 3.63) is 35.9 Å². The predicted octanol–water partition coefficient (Wildman–Crippen LogP) is 3.41. The van der Waals surface area contributed by atoms with Gasteiger partial charge in [-0.2, -0.15) is 0 Å². The van der Waals surface area contributed by atoms with E-state index in [1.807, 2.05) is 6.07 Å². The fourth-order valence-corrected chi connectivity index (χ4v) is 2.09. The topological polar surface area (TPSA) is 49.3 Å².